The molecule has 6 nitrogen and oxygen atoms in total. The number of ether oxygens (including phenoxy) is 1. The minimum absolute atomic E-state index is 0.195. The zero-order chi connectivity index (χ0) is 28.7. The van der Waals surface area contributed by atoms with E-state index in [0.717, 1.165) is 36.6 Å². The normalized spacial score (nSPS) is 19.6. The largest absolute Gasteiger partial charge is 0.481 e. The van der Waals surface area contributed by atoms with Crippen LogP contribution in [0.1, 0.15) is 61.1 Å². The van der Waals surface area contributed by atoms with Crippen LogP contribution in [0.25, 0.3) is 22.0 Å². The van der Waals surface area contributed by atoms with Crippen molar-refractivity contribution in [1.29, 1.82) is 0 Å². The average Bonchev–Trinajstić information content (AvgIpc) is 3.22. The van der Waals surface area contributed by atoms with Crippen LogP contribution in [0.2, 0.25) is 0 Å². The molecule has 1 fully saturated rings. The van der Waals surface area contributed by atoms with Gasteiger partial charge in [-0.2, -0.15) is 13.2 Å². The van der Waals surface area contributed by atoms with Crippen molar-refractivity contribution in [1.82, 2.24) is 15.3 Å². The molecule has 41 heavy (non-hydrogen) atoms. The lowest BCUT2D eigenvalue weighted by atomic mass is 9.86. The first-order valence-electron chi connectivity index (χ1n) is 13.9. The molecule has 0 saturated carbocycles. The van der Waals surface area contributed by atoms with Gasteiger partial charge in [-0.25, -0.2) is 4.98 Å². The number of nitrogens with zero attached hydrogens (tertiary/aromatic N) is 3. The zero-order valence-corrected chi connectivity index (χ0v) is 23.0. The average molecular weight is 561 g/mol. The highest BCUT2D eigenvalue weighted by atomic mass is 19.4. The number of nitrogens with one attached hydrogen (secondary N) is 1. The molecule has 2 aliphatic rings. The summed E-state index contributed by atoms with van der Waals surface area (Å²) in [6.07, 6.45) is 1.99. The maximum atomic E-state index is 14.5. The highest BCUT2D eigenvalue weighted by Crippen LogP contribution is 2.48. The fourth-order valence-electron chi connectivity index (χ4n) is 6.09. The Morgan fingerprint density at radius 1 is 0.927 bits per heavy atom. The summed E-state index contributed by atoms with van der Waals surface area (Å²) in [5.74, 6) is -0.525. The van der Waals surface area contributed by atoms with Gasteiger partial charge in [0.2, 0.25) is 11.8 Å². The molecule has 0 bridgehead atoms. The van der Waals surface area contributed by atoms with Crippen molar-refractivity contribution in [2.45, 2.75) is 50.6 Å². The van der Waals surface area contributed by atoms with Gasteiger partial charge in [-0.3, -0.25) is 14.7 Å². The van der Waals surface area contributed by atoms with Crippen LogP contribution in [0.3, 0.4) is 0 Å². The van der Waals surface area contributed by atoms with Gasteiger partial charge < -0.3 is 10.1 Å². The van der Waals surface area contributed by atoms with Crippen LogP contribution in [0.15, 0.2) is 60.9 Å². The first-order chi connectivity index (χ1) is 19.8. The smallest absolute Gasteiger partial charge is 0.416 e. The minimum Gasteiger partial charge on any atom is -0.481 e. The molecule has 2 aromatic carbocycles. The lowest BCUT2D eigenvalue weighted by Crippen LogP contribution is -2.25. The van der Waals surface area contributed by atoms with Gasteiger partial charge in [0.15, 0.2) is 0 Å². The Labute approximate surface area is 236 Å². The molecule has 4 aromatic rings. The van der Waals surface area contributed by atoms with Gasteiger partial charge in [0.25, 0.3) is 0 Å². The lowest BCUT2D eigenvalue weighted by Gasteiger charge is -2.26. The van der Waals surface area contributed by atoms with Crippen LogP contribution < -0.4 is 15.0 Å². The first kappa shape index (κ1) is 27.2. The van der Waals surface area contributed by atoms with Crippen molar-refractivity contribution in [2.75, 3.05) is 25.1 Å². The second-order valence-corrected chi connectivity index (χ2v) is 10.8. The summed E-state index contributed by atoms with van der Waals surface area (Å²) in [6, 6.07) is 13.7. The molecule has 0 radical (unpaired) electrons. The number of alkyl halides is 3. The number of rotatable bonds is 4. The number of methoxy groups -OCH3 is 1. The van der Waals surface area contributed by atoms with Crippen LogP contribution >= 0.6 is 0 Å². The molecule has 1 amide bonds. The van der Waals surface area contributed by atoms with Gasteiger partial charge >= 0.3 is 6.18 Å². The van der Waals surface area contributed by atoms with Crippen molar-refractivity contribution >= 4 is 28.2 Å². The Balaban J connectivity index is 1.48. The topological polar surface area (TPSA) is 67.3 Å². The van der Waals surface area contributed by atoms with Crippen LogP contribution in [0.4, 0.5) is 24.5 Å². The molecule has 1 saturated heterocycles. The number of hydrogen-bond acceptors (Lipinski definition) is 5. The van der Waals surface area contributed by atoms with Crippen molar-refractivity contribution < 1.29 is 22.7 Å². The van der Waals surface area contributed by atoms with Crippen molar-refractivity contribution in [3.63, 3.8) is 0 Å². The van der Waals surface area contributed by atoms with Gasteiger partial charge in [-0.15, -0.1) is 0 Å². The van der Waals surface area contributed by atoms with Crippen LogP contribution in [0, 0.1) is 0 Å². The summed E-state index contributed by atoms with van der Waals surface area (Å²) >= 11 is 0. The molecular weight excluding hydrogens is 529 g/mol. The fraction of sp³-hybridized carbons (Fsp3) is 0.344. The molecule has 212 valence electrons. The highest BCUT2D eigenvalue weighted by Gasteiger charge is 2.40. The minimum atomic E-state index is -4.55. The lowest BCUT2D eigenvalue weighted by molar-refractivity contribution is -0.138. The summed E-state index contributed by atoms with van der Waals surface area (Å²) in [5.41, 5.74) is 3.45. The molecule has 6 rings (SSSR count). The Hall–Kier alpha value is -3.98. The summed E-state index contributed by atoms with van der Waals surface area (Å²) in [5, 5.41) is 4.00. The number of amides is 1. The standard InChI is InChI=1S/C32H31F3N4O2/c1-19-26-18-37-28-10-6-21(22-7-11-29(41-2)38-17-22)15-25(28)30(26)39(31(19)40)23-8-9-24(27(16-23)32(33,34)35)20-5-3-4-13-36-14-12-20/h6-11,15-20,36H,3-5,12-14H2,1-2H3. The first-order valence-corrected chi connectivity index (χ1v) is 13.9. The number of hydrogen-bond donors (Lipinski definition) is 1. The number of benzene rings is 2. The molecule has 0 aliphatic carbocycles. The van der Waals surface area contributed by atoms with Crippen molar-refractivity contribution in [3.8, 4) is 17.0 Å². The van der Waals surface area contributed by atoms with E-state index in [1.54, 1.807) is 44.6 Å². The Bertz CT molecular complexity index is 1600. The second-order valence-electron chi connectivity index (χ2n) is 10.8. The van der Waals surface area contributed by atoms with E-state index in [1.165, 1.54) is 4.90 Å². The fourth-order valence-corrected chi connectivity index (χ4v) is 6.09. The predicted octanol–water partition coefficient (Wildman–Crippen LogP) is 7.35. The summed E-state index contributed by atoms with van der Waals surface area (Å²) in [4.78, 5) is 24.0. The third-order valence-electron chi connectivity index (χ3n) is 8.29. The molecule has 1 N–H and O–H groups in total. The number of fused-ring (bicyclic) bond motifs is 3. The highest BCUT2D eigenvalue weighted by molar-refractivity contribution is 6.16. The second kappa shape index (κ2) is 10.8. The van der Waals surface area contributed by atoms with Crippen LogP contribution in [-0.4, -0.2) is 36.1 Å². The Kier molecular flexibility index (Phi) is 7.15. The number of carbonyl (C=O) groups excluding carboxylic acids is 1. The third kappa shape index (κ3) is 5.03. The number of pyridine rings is 2. The van der Waals surface area contributed by atoms with Gasteiger partial charge in [0.05, 0.1) is 29.8 Å². The molecule has 2 atom stereocenters. The molecular formula is C32H31F3N4O2. The number of carbonyl (C=O) groups is 1. The summed E-state index contributed by atoms with van der Waals surface area (Å²) in [7, 11) is 1.55. The van der Waals surface area contributed by atoms with E-state index in [2.05, 4.69) is 15.3 Å². The molecule has 2 unspecified atom stereocenters. The quantitative estimate of drug-likeness (QED) is 0.283. The number of aromatic nitrogens is 2. The Morgan fingerprint density at radius 2 is 1.76 bits per heavy atom. The maximum Gasteiger partial charge on any atom is 0.416 e. The van der Waals surface area contributed by atoms with E-state index in [1.807, 2.05) is 24.3 Å². The maximum absolute atomic E-state index is 14.5. The summed E-state index contributed by atoms with van der Waals surface area (Å²) in [6.45, 7) is 3.35. The third-order valence-corrected chi connectivity index (χ3v) is 8.29. The molecule has 4 heterocycles. The predicted molar refractivity (Wildman–Crippen MR) is 153 cm³/mol. The van der Waals surface area contributed by atoms with E-state index in [4.69, 9.17) is 4.74 Å². The van der Waals surface area contributed by atoms with E-state index >= 15 is 0 Å². The molecule has 2 aliphatic heterocycles. The monoisotopic (exact) mass is 560 g/mol. The van der Waals surface area contributed by atoms with Gasteiger partial charge in [-0.05, 0) is 86.7 Å². The van der Waals surface area contributed by atoms with E-state index in [-0.39, 0.29) is 17.5 Å². The Morgan fingerprint density at radius 3 is 2.51 bits per heavy atom. The number of halogens is 3. The number of anilines is 2. The molecule has 2 aromatic heterocycles. The zero-order valence-electron chi connectivity index (χ0n) is 23.0. The van der Waals surface area contributed by atoms with Gasteiger partial charge in [0, 0.05) is 40.7 Å². The van der Waals surface area contributed by atoms with E-state index in [9.17, 15) is 18.0 Å². The van der Waals surface area contributed by atoms with E-state index in [0.29, 0.717) is 53.0 Å². The van der Waals surface area contributed by atoms with Crippen molar-refractivity contribution in [3.05, 3.63) is 77.6 Å². The molecule has 9 heteroatoms. The van der Waals surface area contributed by atoms with E-state index < -0.39 is 17.7 Å². The van der Waals surface area contributed by atoms with Gasteiger partial charge in [0.1, 0.15) is 0 Å². The van der Waals surface area contributed by atoms with Crippen LogP contribution in [0.5, 0.6) is 5.88 Å². The van der Waals surface area contributed by atoms with Gasteiger partial charge in [-0.1, -0.05) is 18.6 Å². The summed E-state index contributed by atoms with van der Waals surface area (Å²) < 4.78 is 48.7. The SMILES string of the molecule is COc1ccc(-c2ccc3ncc4c(c3c2)N(c2ccc(C3CCCCNCC3)c(C(F)(F)F)c2)C(=O)C4C)cn1. The van der Waals surface area contributed by atoms with Crippen molar-refractivity contribution in [2.24, 2.45) is 0 Å². The molecule has 0 spiro atoms. The van der Waals surface area contributed by atoms with Crippen LogP contribution in [-0.2, 0) is 11.0 Å².